The van der Waals surface area contributed by atoms with Crippen molar-refractivity contribution in [3.8, 4) is 0 Å². The molecule has 2 aromatic heterocycles. The highest BCUT2D eigenvalue weighted by Gasteiger charge is 2.88. The molecule has 2 aliphatic heterocycles. The fraction of sp³-hybridized carbons (Fsp3) is 0.632. The van der Waals surface area contributed by atoms with Crippen molar-refractivity contribution in [2.75, 3.05) is 11.9 Å². The van der Waals surface area contributed by atoms with Crippen LogP contribution in [-0.4, -0.2) is 61.6 Å². The molecule has 2 saturated heterocycles. The zero-order chi connectivity index (χ0) is 20.8. The van der Waals surface area contributed by atoms with Crippen LogP contribution in [-0.2, 0) is 24.5 Å². The molecule has 1 aliphatic carbocycles. The summed E-state index contributed by atoms with van der Waals surface area (Å²) in [4.78, 5) is 16.4. The van der Waals surface area contributed by atoms with E-state index in [1.54, 1.807) is 31.4 Å². The Balaban J connectivity index is 1.56. The van der Waals surface area contributed by atoms with Crippen molar-refractivity contribution < 1.29 is 28.8 Å². The van der Waals surface area contributed by atoms with Crippen LogP contribution < -0.4 is 5.32 Å². The van der Waals surface area contributed by atoms with Crippen LogP contribution in [0, 0.1) is 0 Å². The Morgan fingerprint density at radius 3 is 2.79 bits per heavy atom. The number of amides is 1. The molecule has 0 radical (unpaired) electrons. The topological polar surface area (TPSA) is 116 Å². The molecule has 29 heavy (non-hydrogen) atoms. The third-order valence-corrected chi connectivity index (χ3v) is 5.46. The fourth-order valence-electron chi connectivity index (χ4n) is 4.54. The smallest absolute Gasteiger partial charge is 0.413 e. The normalized spacial score (nSPS) is 34.7. The summed E-state index contributed by atoms with van der Waals surface area (Å²) in [5.41, 5.74) is -1.42. The Morgan fingerprint density at radius 2 is 2.10 bits per heavy atom. The van der Waals surface area contributed by atoms with Crippen molar-refractivity contribution in [3.05, 3.63) is 24.2 Å². The van der Waals surface area contributed by atoms with Gasteiger partial charge < -0.3 is 24.1 Å². The van der Waals surface area contributed by atoms with Crippen LogP contribution in [0.2, 0.25) is 0 Å². The minimum Gasteiger partial charge on any atom is -0.444 e. The first-order chi connectivity index (χ1) is 13.5. The zero-order valence-electron chi connectivity index (χ0n) is 16.9. The summed E-state index contributed by atoms with van der Waals surface area (Å²) >= 11 is 0. The molecule has 1 spiro atoms. The number of rotatable bonds is 2. The first-order valence-electron chi connectivity index (χ1n) is 9.52. The van der Waals surface area contributed by atoms with Crippen molar-refractivity contribution in [1.82, 2.24) is 14.6 Å². The largest absolute Gasteiger partial charge is 0.444 e. The van der Waals surface area contributed by atoms with Gasteiger partial charge in [0.25, 0.3) is 0 Å². The van der Waals surface area contributed by atoms with Gasteiger partial charge in [0.15, 0.2) is 22.8 Å². The van der Waals surface area contributed by atoms with Gasteiger partial charge in [-0.05, 0) is 46.8 Å². The molecule has 2 N–H and O–H groups in total. The van der Waals surface area contributed by atoms with Gasteiger partial charge in [0, 0.05) is 0 Å². The van der Waals surface area contributed by atoms with E-state index in [2.05, 4.69) is 15.4 Å². The Bertz CT molecular complexity index is 1010. The number of fused-ring (bicyclic) bond motifs is 1. The Labute approximate surface area is 167 Å². The Kier molecular flexibility index (Phi) is 3.52. The number of aliphatic hydroxyl groups is 1. The predicted molar refractivity (Wildman–Crippen MR) is 99.2 cm³/mol. The molecular weight excluding hydrogens is 380 g/mol. The van der Waals surface area contributed by atoms with Crippen LogP contribution in [0.4, 0.5) is 10.6 Å². The molecule has 4 heterocycles. The number of carbonyl (C=O) groups is 1. The number of anilines is 1. The highest BCUT2D eigenvalue weighted by molar-refractivity contribution is 5.89. The van der Waals surface area contributed by atoms with E-state index >= 15 is 0 Å². The van der Waals surface area contributed by atoms with Gasteiger partial charge in [-0.15, -0.1) is 0 Å². The summed E-state index contributed by atoms with van der Waals surface area (Å²) < 4.78 is 25.2. The molecule has 3 fully saturated rings. The quantitative estimate of drug-likeness (QED) is 0.775. The first kappa shape index (κ1) is 18.7. The van der Waals surface area contributed by atoms with Gasteiger partial charge in [-0.3, -0.25) is 5.32 Å². The van der Waals surface area contributed by atoms with Crippen molar-refractivity contribution in [3.63, 3.8) is 0 Å². The SMILES string of the molecule is CC(C)(C)OC(=O)Nc1ncnn2c([C@@]34COC5C(O)[C@]53OC(C)(C)O4)ccc12. The number of aromatic nitrogens is 3. The van der Waals surface area contributed by atoms with Crippen LogP contribution >= 0.6 is 0 Å². The summed E-state index contributed by atoms with van der Waals surface area (Å²) in [5.74, 6) is -0.593. The van der Waals surface area contributed by atoms with E-state index in [0.717, 1.165) is 0 Å². The average molecular weight is 404 g/mol. The number of ether oxygens (including phenoxy) is 4. The van der Waals surface area contributed by atoms with Gasteiger partial charge in [-0.25, -0.2) is 14.3 Å². The molecule has 2 unspecified atom stereocenters. The molecule has 156 valence electrons. The second-order valence-corrected chi connectivity index (χ2v) is 9.15. The fourth-order valence-corrected chi connectivity index (χ4v) is 4.54. The van der Waals surface area contributed by atoms with Crippen molar-refractivity contribution in [2.45, 2.75) is 69.4 Å². The lowest BCUT2D eigenvalue weighted by Gasteiger charge is -2.29. The molecule has 3 aliphatic rings. The predicted octanol–water partition coefficient (Wildman–Crippen LogP) is 1.57. The summed E-state index contributed by atoms with van der Waals surface area (Å²) in [6.07, 6.45) is -0.510. The highest BCUT2D eigenvalue weighted by Crippen LogP contribution is 2.67. The first-order valence-corrected chi connectivity index (χ1v) is 9.52. The summed E-state index contributed by atoms with van der Waals surface area (Å²) in [7, 11) is 0. The van der Waals surface area contributed by atoms with E-state index in [1.807, 2.05) is 19.9 Å². The van der Waals surface area contributed by atoms with Gasteiger partial charge in [0.2, 0.25) is 0 Å². The minimum atomic E-state index is -1.02. The maximum absolute atomic E-state index is 12.2. The van der Waals surface area contributed by atoms with E-state index in [-0.39, 0.29) is 6.61 Å². The maximum Gasteiger partial charge on any atom is 0.413 e. The van der Waals surface area contributed by atoms with Crippen molar-refractivity contribution in [2.24, 2.45) is 0 Å². The number of nitrogens with zero attached hydrogens (tertiary/aromatic N) is 3. The summed E-state index contributed by atoms with van der Waals surface area (Å²) in [6, 6.07) is 3.61. The van der Waals surface area contributed by atoms with E-state index in [9.17, 15) is 9.90 Å². The minimum absolute atomic E-state index is 0.225. The molecule has 0 aromatic carbocycles. The molecule has 0 bridgehead atoms. The Hall–Kier alpha value is -2.27. The second-order valence-electron chi connectivity index (χ2n) is 9.15. The van der Waals surface area contributed by atoms with Crippen LogP contribution in [0.15, 0.2) is 18.5 Å². The number of hydrogen-bond donors (Lipinski definition) is 2. The molecule has 10 nitrogen and oxygen atoms in total. The van der Waals surface area contributed by atoms with E-state index in [1.165, 1.54) is 6.33 Å². The molecule has 4 atom stereocenters. The molecular formula is C19H24N4O6. The van der Waals surface area contributed by atoms with Gasteiger partial charge >= 0.3 is 6.09 Å². The number of nitrogens with one attached hydrogen (secondary N) is 1. The molecule has 2 aromatic rings. The van der Waals surface area contributed by atoms with Crippen molar-refractivity contribution >= 4 is 17.4 Å². The van der Waals surface area contributed by atoms with Crippen molar-refractivity contribution in [1.29, 1.82) is 0 Å². The highest BCUT2D eigenvalue weighted by atomic mass is 16.8. The molecule has 10 heteroatoms. The summed E-state index contributed by atoms with van der Waals surface area (Å²) in [6.45, 7) is 9.20. The third kappa shape index (κ3) is 2.46. The van der Waals surface area contributed by atoms with Crippen LogP contribution in [0.25, 0.3) is 5.52 Å². The third-order valence-electron chi connectivity index (χ3n) is 5.46. The standard InChI is InChI=1S/C19H24N4O6/c1-16(2,3)27-15(25)22-14-10-6-7-11(23(10)21-9-20-14)18-8-26-13-12(24)19(13,18)29-17(4,5)28-18/h6-7,9,12-13,24H,8H2,1-5H3,(H,20,21,22,25)/t12?,13?,18-,19-/m0/s1. The Morgan fingerprint density at radius 1 is 1.34 bits per heavy atom. The maximum atomic E-state index is 12.2. The van der Waals surface area contributed by atoms with E-state index < -0.39 is 40.9 Å². The van der Waals surface area contributed by atoms with Crippen LogP contribution in [0.5, 0.6) is 0 Å². The lowest BCUT2D eigenvalue weighted by molar-refractivity contribution is -0.185. The monoisotopic (exact) mass is 404 g/mol. The second kappa shape index (κ2) is 5.45. The van der Waals surface area contributed by atoms with E-state index in [0.29, 0.717) is 17.0 Å². The van der Waals surface area contributed by atoms with E-state index in [4.69, 9.17) is 18.9 Å². The van der Waals surface area contributed by atoms with Crippen LogP contribution in [0.3, 0.4) is 0 Å². The lowest BCUT2D eigenvalue weighted by atomic mass is 9.92. The van der Waals surface area contributed by atoms with Gasteiger partial charge in [0.05, 0.1) is 12.3 Å². The lowest BCUT2D eigenvalue weighted by Crippen LogP contribution is -2.44. The van der Waals surface area contributed by atoms with Gasteiger partial charge in [-0.1, -0.05) is 0 Å². The molecule has 1 saturated carbocycles. The van der Waals surface area contributed by atoms with Crippen LogP contribution in [0.1, 0.15) is 40.3 Å². The zero-order valence-corrected chi connectivity index (χ0v) is 16.9. The van der Waals surface area contributed by atoms with Gasteiger partial charge in [-0.2, -0.15) is 5.10 Å². The number of aliphatic hydroxyl groups excluding tert-OH is 1. The van der Waals surface area contributed by atoms with Gasteiger partial charge in [0.1, 0.15) is 29.7 Å². The molecule has 1 amide bonds. The summed E-state index contributed by atoms with van der Waals surface area (Å²) in [5, 5.41) is 17.5. The number of carbonyl (C=O) groups excluding carboxylic acids is 1. The number of hydrogen-bond acceptors (Lipinski definition) is 8. The molecule has 5 rings (SSSR count). The average Bonchev–Trinajstić information content (AvgIpc) is 2.95.